The smallest absolute Gasteiger partial charge is 0.0476 e. The van der Waals surface area contributed by atoms with Gasteiger partial charge in [-0.1, -0.05) is 6.92 Å². The van der Waals surface area contributed by atoms with Gasteiger partial charge >= 0.3 is 0 Å². The van der Waals surface area contributed by atoms with Gasteiger partial charge in [0.2, 0.25) is 0 Å². The maximum atomic E-state index is 9.28. The summed E-state index contributed by atoms with van der Waals surface area (Å²) in [5.74, 6) is 1.63. The van der Waals surface area contributed by atoms with Gasteiger partial charge < -0.3 is 10.0 Å². The molecule has 1 aromatic carbocycles. The summed E-state index contributed by atoms with van der Waals surface area (Å²) in [6.45, 7) is 3.35. The van der Waals surface area contributed by atoms with Crippen LogP contribution in [0.15, 0.2) is 23.1 Å². The van der Waals surface area contributed by atoms with Crippen molar-refractivity contribution in [1.29, 1.82) is 0 Å². The highest BCUT2D eigenvalue weighted by Gasteiger charge is 2.13. The number of nitrogens with zero attached hydrogens (tertiary/aromatic N) is 1. The molecule has 1 aliphatic rings. The Kier molecular flexibility index (Phi) is 4.95. The average molecular weight is 265 g/mol. The second-order valence-corrected chi connectivity index (χ2v) is 6.22. The van der Waals surface area contributed by atoms with Gasteiger partial charge in [0.25, 0.3) is 0 Å². The van der Waals surface area contributed by atoms with Crippen molar-refractivity contribution in [3.63, 3.8) is 0 Å². The van der Waals surface area contributed by atoms with Gasteiger partial charge in [-0.15, -0.1) is 11.8 Å². The number of aliphatic hydroxyl groups excluding tert-OH is 1. The van der Waals surface area contributed by atoms with E-state index >= 15 is 0 Å². The van der Waals surface area contributed by atoms with Crippen LogP contribution < -0.4 is 4.90 Å². The molecule has 18 heavy (non-hydrogen) atoms. The van der Waals surface area contributed by atoms with E-state index in [1.807, 2.05) is 11.8 Å². The molecule has 2 rings (SSSR count). The third-order valence-corrected chi connectivity index (χ3v) is 4.90. The van der Waals surface area contributed by atoms with Crippen molar-refractivity contribution in [3.8, 4) is 0 Å². The Labute approximate surface area is 114 Å². The van der Waals surface area contributed by atoms with E-state index in [1.165, 1.54) is 34.7 Å². The van der Waals surface area contributed by atoms with Crippen molar-refractivity contribution >= 4 is 17.4 Å². The maximum absolute atomic E-state index is 9.28. The van der Waals surface area contributed by atoms with Gasteiger partial charge in [0, 0.05) is 30.8 Å². The Bertz CT molecular complexity index is 390. The first-order valence-corrected chi connectivity index (χ1v) is 7.81. The summed E-state index contributed by atoms with van der Waals surface area (Å²) in [4.78, 5) is 3.72. The lowest BCUT2D eigenvalue weighted by Gasteiger charge is -2.25. The Morgan fingerprint density at radius 2 is 2.28 bits per heavy atom. The first kappa shape index (κ1) is 13.8. The van der Waals surface area contributed by atoms with E-state index in [-0.39, 0.29) is 6.61 Å². The SMILES string of the molecule is CCC(CO)CN(C)c1ccc2c(c1)CCCS2. The van der Waals surface area contributed by atoms with Crippen LogP contribution in [0.5, 0.6) is 0 Å². The molecule has 1 aliphatic heterocycles. The molecule has 0 aromatic heterocycles. The first-order chi connectivity index (χ1) is 8.74. The summed E-state index contributed by atoms with van der Waals surface area (Å²) < 4.78 is 0. The standard InChI is InChI=1S/C15H23NOS/c1-3-12(11-17)10-16(2)14-6-7-15-13(9-14)5-4-8-18-15/h6-7,9,12,17H,3-5,8,10-11H2,1-2H3. The van der Waals surface area contributed by atoms with Crippen LogP contribution >= 0.6 is 11.8 Å². The second kappa shape index (κ2) is 6.48. The minimum absolute atomic E-state index is 0.279. The Balaban J connectivity index is 2.08. The minimum Gasteiger partial charge on any atom is -0.396 e. The predicted octanol–water partition coefficient (Wildman–Crippen LogP) is 3.18. The monoisotopic (exact) mass is 265 g/mol. The number of hydrogen-bond donors (Lipinski definition) is 1. The molecule has 0 radical (unpaired) electrons. The summed E-state index contributed by atoms with van der Waals surface area (Å²) in [6, 6.07) is 6.79. The average Bonchev–Trinajstić information content (AvgIpc) is 2.44. The second-order valence-electron chi connectivity index (χ2n) is 5.08. The fraction of sp³-hybridized carbons (Fsp3) is 0.600. The number of aryl methyl sites for hydroxylation is 1. The predicted molar refractivity (Wildman–Crippen MR) is 79.6 cm³/mol. The lowest BCUT2D eigenvalue weighted by atomic mass is 10.1. The third kappa shape index (κ3) is 3.21. The van der Waals surface area contributed by atoms with Gasteiger partial charge in [-0.3, -0.25) is 0 Å². The fourth-order valence-electron chi connectivity index (χ4n) is 2.39. The van der Waals surface area contributed by atoms with E-state index in [4.69, 9.17) is 0 Å². The van der Waals surface area contributed by atoms with Crippen LogP contribution in [0.3, 0.4) is 0 Å². The van der Waals surface area contributed by atoms with Crippen molar-refractivity contribution in [2.75, 3.05) is 30.9 Å². The molecule has 0 spiro atoms. The zero-order valence-corrected chi connectivity index (χ0v) is 12.2. The van der Waals surface area contributed by atoms with Crippen molar-refractivity contribution in [1.82, 2.24) is 0 Å². The molecule has 1 atom stereocenters. The number of anilines is 1. The number of rotatable bonds is 5. The molecule has 0 amide bonds. The van der Waals surface area contributed by atoms with E-state index in [0.717, 1.165) is 13.0 Å². The molecular formula is C15H23NOS. The van der Waals surface area contributed by atoms with Crippen molar-refractivity contribution in [3.05, 3.63) is 23.8 Å². The van der Waals surface area contributed by atoms with Gasteiger partial charge in [-0.05, 0) is 54.7 Å². The number of hydrogen-bond acceptors (Lipinski definition) is 3. The molecule has 3 heteroatoms. The van der Waals surface area contributed by atoms with Crippen LogP contribution in [0.4, 0.5) is 5.69 Å². The molecule has 100 valence electrons. The largest absolute Gasteiger partial charge is 0.396 e. The molecular weight excluding hydrogens is 242 g/mol. The van der Waals surface area contributed by atoms with E-state index in [1.54, 1.807) is 0 Å². The fourth-order valence-corrected chi connectivity index (χ4v) is 3.41. The molecule has 1 heterocycles. The Morgan fingerprint density at radius 1 is 1.44 bits per heavy atom. The molecule has 1 aromatic rings. The van der Waals surface area contributed by atoms with Crippen LogP contribution in [-0.2, 0) is 6.42 Å². The molecule has 0 saturated heterocycles. The number of aliphatic hydroxyl groups is 1. The molecule has 0 fully saturated rings. The van der Waals surface area contributed by atoms with E-state index < -0.39 is 0 Å². The van der Waals surface area contributed by atoms with Crippen LogP contribution in [0.25, 0.3) is 0 Å². The maximum Gasteiger partial charge on any atom is 0.0476 e. The van der Waals surface area contributed by atoms with Gasteiger partial charge in [-0.2, -0.15) is 0 Å². The minimum atomic E-state index is 0.279. The molecule has 0 aliphatic carbocycles. The quantitative estimate of drug-likeness (QED) is 0.884. The van der Waals surface area contributed by atoms with E-state index in [0.29, 0.717) is 5.92 Å². The molecule has 1 unspecified atom stereocenters. The Morgan fingerprint density at radius 3 is 3.00 bits per heavy atom. The zero-order chi connectivity index (χ0) is 13.0. The van der Waals surface area contributed by atoms with Crippen LogP contribution in [0, 0.1) is 5.92 Å². The lowest BCUT2D eigenvalue weighted by Crippen LogP contribution is -2.27. The van der Waals surface area contributed by atoms with Crippen molar-refractivity contribution < 1.29 is 5.11 Å². The first-order valence-electron chi connectivity index (χ1n) is 6.82. The summed E-state index contributed by atoms with van der Waals surface area (Å²) >= 11 is 1.97. The highest BCUT2D eigenvalue weighted by Crippen LogP contribution is 2.32. The normalized spacial score (nSPS) is 16.2. The highest BCUT2D eigenvalue weighted by molar-refractivity contribution is 7.99. The van der Waals surface area contributed by atoms with Crippen LogP contribution in [0.2, 0.25) is 0 Å². The summed E-state index contributed by atoms with van der Waals surface area (Å²) in [7, 11) is 2.12. The number of fused-ring (bicyclic) bond motifs is 1. The number of thioether (sulfide) groups is 1. The summed E-state index contributed by atoms with van der Waals surface area (Å²) in [6.07, 6.45) is 3.53. The lowest BCUT2D eigenvalue weighted by molar-refractivity contribution is 0.225. The third-order valence-electron chi connectivity index (χ3n) is 3.70. The molecule has 0 bridgehead atoms. The molecule has 2 nitrogen and oxygen atoms in total. The highest BCUT2D eigenvalue weighted by atomic mass is 32.2. The summed E-state index contributed by atoms with van der Waals surface area (Å²) in [5, 5.41) is 9.28. The Hall–Kier alpha value is -0.670. The van der Waals surface area contributed by atoms with Crippen LogP contribution in [0.1, 0.15) is 25.3 Å². The molecule has 1 N–H and O–H groups in total. The zero-order valence-electron chi connectivity index (χ0n) is 11.4. The van der Waals surface area contributed by atoms with Crippen molar-refractivity contribution in [2.45, 2.75) is 31.1 Å². The molecule has 0 saturated carbocycles. The van der Waals surface area contributed by atoms with Gasteiger partial charge in [0.05, 0.1) is 0 Å². The summed E-state index contributed by atoms with van der Waals surface area (Å²) in [5.41, 5.74) is 2.77. The van der Waals surface area contributed by atoms with Gasteiger partial charge in [0.15, 0.2) is 0 Å². The van der Waals surface area contributed by atoms with E-state index in [2.05, 4.69) is 37.1 Å². The van der Waals surface area contributed by atoms with Gasteiger partial charge in [0.1, 0.15) is 0 Å². The topological polar surface area (TPSA) is 23.5 Å². The van der Waals surface area contributed by atoms with Gasteiger partial charge in [-0.25, -0.2) is 0 Å². The van der Waals surface area contributed by atoms with Crippen molar-refractivity contribution in [2.24, 2.45) is 5.92 Å². The number of benzene rings is 1. The van der Waals surface area contributed by atoms with Crippen LogP contribution in [-0.4, -0.2) is 31.1 Å². The van der Waals surface area contributed by atoms with E-state index in [9.17, 15) is 5.11 Å².